The molecule has 0 spiro atoms. The zero-order valence-electron chi connectivity index (χ0n) is 17.6. The molecular weight excluding hydrogens is 316 g/mol. The summed E-state index contributed by atoms with van der Waals surface area (Å²) in [4.78, 5) is 2.34. The standard InChI is InChI=1S/C24H32N2/c1-16-9-18(3)22(19(4)10-16)25-13-24(7,8)14-26(15-25)23-20(5)11-17(2)12-21(23)6/h9-12H,13-14H2,1-8H3. The maximum Gasteiger partial charge on any atom is 0.206 e. The second-order valence-corrected chi connectivity index (χ2v) is 8.93. The van der Waals surface area contributed by atoms with Gasteiger partial charge in [-0.05, 0) is 41.5 Å². The Hall–Kier alpha value is -2.09. The lowest BCUT2D eigenvalue weighted by atomic mass is 9.89. The van der Waals surface area contributed by atoms with E-state index in [0.29, 0.717) is 0 Å². The number of hydrogen-bond acceptors (Lipinski definition) is 1. The van der Waals surface area contributed by atoms with Gasteiger partial charge in [-0.15, -0.1) is 0 Å². The zero-order valence-corrected chi connectivity index (χ0v) is 17.6. The van der Waals surface area contributed by atoms with Crippen molar-refractivity contribution in [3.8, 4) is 0 Å². The van der Waals surface area contributed by atoms with E-state index < -0.39 is 0 Å². The van der Waals surface area contributed by atoms with Crippen LogP contribution in [0.3, 0.4) is 0 Å². The molecule has 0 aliphatic carbocycles. The molecule has 138 valence electrons. The first kappa shape index (κ1) is 18.7. The molecule has 0 saturated carbocycles. The van der Waals surface area contributed by atoms with Gasteiger partial charge in [0.05, 0.1) is 13.1 Å². The summed E-state index contributed by atoms with van der Waals surface area (Å²) in [5.74, 6) is 0. The average molecular weight is 349 g/mol. The molecule has 0 aromatic heterocycles. The first-order valence-electron chi connectivity index (χ1n) is 9.54. The van der Waals surface area contributed by atoms with Gasteiger partial charge >= 0.3 is 0 Å². The van der Waals surface area contributed by atoms with Gasteiger partial charge in [0.15, 0.2) is 0 Å². The molecule has 2 aromatic carbocycles. The van der Waals surface area contributed by atoms with Crippen LogP contribution in [0.1, 0.15) is 47.2 Å². The topological polar surface area (TPSA) is 6.25 Å². The highest BCUT2D eigenvalue weighted by Crippen LogP contribution is 2.34. The molecule has 0 saturated heterocycles. The molecule has 0 N–H and O–H groups in total. The van der Waals surface area contributed by atoms with E-state index in [4.69, 9.17) is 0 Å². The maximum atomic E-state index is 3.71. The van der Waals surface area contributed by atoms with E-state index in [0.717, 1.165) is 13.1 Å². The summed E-state index contributed by atoms with van der Waals surface area (Å²) in [6.45, 7) is 19.9. The third-order valence-corrected chi connectivity index (χ3v) is 5.22. The summed E-state index contributed by atoms with van der Waals surface area (Å²) in [7, 11) is 0. The molecule has 0 atom stereocenters. The van der Waals surface area contributed by atoms with Crippen LogP contribution in [0.2, 0.25) is 0 Å². The van der Waals surface area contributed by atoms with E-state index in [1.165, 1.54) is 44.8 Å². The van der Waals surface area contributed by atoms with Gasteiger partial charge in [0.2, 0.25) is 6.34 Å². The van der Waals surface area contributed by atoms with Crippen LogP contribution in [-0.4, -0.2) is 24.0 Å². The molecule has 0 radical (unpaired) electrons. The van der Waals surface area contributed by atoms with Crippen molar-refractivity contribution in [3.63, 3.8) is 0 Å². The number of rotatable bonds is 2. The van der Waals surface area contributed by atoms with E-state index in [1.807, 2.05) is 0 Å². The summed E-state index contributed by atoms with van der Waals surface area (Å²) in [6, 6.07) is 9.10. The van der Waals surface area contributed by atoms with Crippen LogP contribution in [0.25, 0.3) is 0 Å². The lowest BCUT2D eigenvalue weighted by Gasteiger charge is -2.39. The van der Waals surface area contributed by atoms with Crippen molar-refractivity contribution in [2.75, 3.05) is 18.0 Å². The minimum absolute atomic E-state index is 0.179. The van der Waals surface area contributed by atoms with Crippen LogP contribution in [0.4, 0.5) is 11.4 Å². The van der Waals surface area contributed by atoms with Crippen LogP contribution in [0, 0.1) is 47.0 Å². The first-order valence-corrected chi connectivity index (χ1v) is 9.54. The SMILES string of the molecule is Cc1cc(C)c(N2[C-]=[N+](c3c(C)cc(C)cc3C)CC(C)(C)C2)c(C)c1. The molecule has 26 heavy (non-hydrogen) atoms. The van der Waals surface area contributed by atoms with E-state index in [2.05, 4.69) is 95.5 Å². The molecule has 0 amide bonds. The normalized spacial score (nSPS) is 16.6. The van der Waals surface area contributed by atoms with Crippen molar-refractivity contribution in [3.05, 3.63) is 57.6 Å². The highest BCUT2D eigenvalue weighted by molar-refractivity contribution is 5.81. The van der Waals surface area contributed by atoms with Crippen LogP contribution in [-0.2, 0) is 0 Å². The Morgan fingerprint density at radius 2 is 1.27 bits per heavy atom. The lowest BCUT2D eigenvalue weighted by Crippen LogP contribution is -2.46. The van der Waals surface area contributed by atoms with E-state index in [1.54, 1.807) is 0 Å². The zero-order chi connectivity index (χ0) is 19.2. The van der Waals surface area contributed by atoms with Gasteiger partial charge in [0.25, 0.3) is 0 Å². The second-order valence-electron chi connectivity index (χ2n) is 8.93. The van der Waals surface area contributed by atoms with E-state index in [-0.39, 0.29) is 5.41 Å². The van der Waals surface area contributed by atoms with Gasteiger partial charge in [-0.2, -0.15) is 0 Å². The summed E-state index contributed by atoms with van der Waals surface area (Å²) < 4.78 is 2.34. The molecule has 2 nitrogen and oxygen atoms in total. The van der Waals surface area contributed by atoms with Crippen LogP contribution >= 0.6 is 0 Å². The Labute approximate surface area is 159 Å². The Balaban J connectivity index is 2.16. The molecular formula is C24H32N2. The lowest BCUT2D eigenvalue weighted by molar-refractivity contribution is -0.459. The average Bonchev–Trinajstić information content (AvgIpc) is 2.43. The predicted octanol–water partition coefficient (Wildman–Crippen LogP) is 5.63. The predicted molar refractivity (Wildman–Crippen MR) is 112 cm³/mol. The first-order chi connectivity index (χ1) is 12.1. The van der Waals surface area contributed by atoms with Crippen molar-refractivity contribution in [2.24, 2.45) is 5.41 Å². The molecule has 0 unspecified atom stereocenters. The van der Waals surface area contributed by atoms with Crippen LogP contribution in [0.15, 0.2) is 24.3 Å². The molecule has 3 rings (SSSR count). The van der Waals surface area contributed by atoms with Gasteiger partial charge in [-0.1, -0.05) is 71.5 Å². The number of aryl methyl sites for hydroxylation is 6. The smallest absolute Gasteiger partial charge is 0.206 e. The van der Waals surface area contributed by atoms with E-state index >= 15 is 0 Å². The fourth-order valence-corrected chi connectivity index (χ4v) is 4.58. The fourth-order valence-electron chi connectivity index (χ4n) is 4.58. The van der Waals surface area contributed by atoms with Gasteiger partial charge < -0.3 is 9.48 Å². The van der Waals surface area contributed by atoms with Crippen molar-refractivity contribution in [2.45, 2.75) is 55.4 Å². The third-order valence-electron chi connectivity index (χ3n) is 5.22. The Bertz CT molecular complexity index is 841. The molecule has 0 bridgehead atoms. The van der Waals surface area contributed by atoms with Gasteiger partial charge in [0, 0.05) is 16.8 Å². The summed E-state index contributed by atoms with van der Waals surface area (Å²) in [5, 5.41) is 0. The summed E-state index contributed by atoms with van der Waals surface area (Å²) >= 11 is 0. The number of hydrogen-bond donors (Lipinski definition) is 0. The molecule has 1 heterocycles. The Kier molecular flexibility index (Phi) is 4.72. The van der Waals surface area contributed by atoms with Crippen molar-refractivity contribution < 1.29 is 4.58 Å². The maximum absolute atomic E-state index is 3.71. The number of nitrogens with zero attached hydrogens (tertiary/aromatic N) is 2. The van der Waals surface area contributed by atoms with Gasteiger partial charge in [-0.25, -0.2) is 0 Å². The highest BCUT2D eigenvalue weighted by atomic mass is 15.2. The highest BCUT2D eigenvalue weighted by Gasteiger charge is 2.32. The third kappa shape index (κ3) is 3.56. The monoisotopic (exact) mass is 348 g/mol. The number of benzene rings is 2. The Morgan fingerprint density at radius 3 is 1.77 bits per heavy atom. The fraction of sp³-hybridized carbons (Fsp3) is 0.458. The summed E-state index contributed by atoms with van der Waals surface area (Å²) in [6.07, 6.45) is 3.71. The molecule has 2 aromatic rings. The van der Waals surface area contributed by atoms with Gasteiger partial charge in [0.1, 0.15) is 0 Å². The minimum Gasteiger partial charge on any atom is -0.336 e. The minimum atomic E-state index is 0.179. The second kappa shape index (κ2) is 6.57. The van der Waals surface area contributed by atoms with Crippen molar-refractivity contribution >= 4 is 17.7 Å². The van der Waals surface area contributed by atoms with E-state index in [9.17, 15) is 0 Å². The van der Waals surface area contributed by atoms with Gasteiger partial charge in [-0.3, -0.25) is 0 Å². The van der Waals surface area contributed by atoms with Crippen molar-refractivity contribution in [1.82, 2.24) is 0 Å². The van der Waals surface area contributed by atoms with Crippen molar-refractivity contribution in [1.29, 1.82) is 0 Å². The molecule has 2 heteroatoms. The van der Waals surface area contributed by atoms with Crippen LogP contribution < -0.4 is 4.90 Å². The molecule has 1 aliphatic rings. The molecule has 0 fully saturated rings. The summed E-state index contributed by atoms with van der Waals surface area (Å²) in [5.41, 5.74) is 10.7. The Morgan fingerprint density at radius 1 is 0.808 bits per heavy atom. The number of anilines is 1. The molecule has 1 aliphatic heterocycles. The van der Waals surface area contributed by atoms with Crippen LogP contribution in [0.5, 0.6) is 0 Å². The largest absolute Gasteiger partial charge is 0.336 e. The quantitative estimate of drug-likeness (QED) is 0.503.